The quantitative estimate of drug-likeness (QED) is 0.734. The van der Waals surface area contributed by atoms with E-state index in [1.165, 1.54) is 0 Å². The first-order chi connectivity index (χ1) is 9.76. The van der Waals surface area contributed by atoms with Crippen LogP contribution in [0.5, 0.6) is 5.75 Å². The molecular weight excluding hydrogens is 276 g/mol. The molecule has 2 heterocycles. The van der Waals surface area contributed by atoms with Gasteiger partial charge in [-0.15, -0.1) is 0 Å². The second-order valence-corrected chi connectivity index (χ2v) is 4.68. The van der Waals surface area contributed by atoms with E-state index in [1.54, 1.807) is 13.2 Å². The van der Waals surface area contributed by atoms with Crippen LogP contribution in [-0.2, 0) is 6.54 Å². The molecule has 3 aromatic rings. The van der Waals surface area contributed by atoms with E-state index < -0.39 is 0 Å². The second kappa shape index (κ2) is 5.43. The Labute approximate surface area is 121 Å². The first-order valence-corrected chi connectivity index (χ1v) is 6.56. The molecular formula is C15H13ClN2O2. The summed E-state index contributed by atoms with van der Waals surface area (Å²) in [7, 11) is 1.63. The topological polar surface area (TPSA) is 47.3 Å². The average molecular weight is 289 g/mol. The van der Waals surface area contributed by atoms with Gasteiger partial charge in [0.2, 0.25) is 0 Å². The van der Waals surface area contributed by atoms with E-state index >= 15 is 0 Å². The average Bonchev–Trinajstić information content (AvgIpc) is 2.88. The molecule has 0 bridgehead atoms. The largest absolute Gasteiger partial charge is 0.493 e. The Hall–Kier alpha value is -2.20. The number of pyridine rings is 1. The van der Waals surface area contributed by atoms with Crippen molar-refractivity contribution in [1.82, 2.24) is 4.98 Å². The summed E-state index contributed by atoms with van der Waals surface area (Å²) in [5.74, 6) is 2.26. The molecule has 0 aliphatic heterocycles. The van der Waals surface area contributed by atoms with Crippen LogP contribution in [0.3, 0.4) is 0 Å². The fourth-order valence-electron chi connectivity index (χ4n) is 2.02. The minimum Gasteiger partial charge on any atom is -0.493 e. The Morgan fingerprint density at radius 1 is 1.25 bits per heavy atom. The number of nitrogens with zero attached hydrogens (tertiary/aromatic N) is 1. The van der Waals surface area contributed by atoms with Gasteiger partial charge >= 0.3 is 0 Å². The molecule has 0 fully saturated rings. The van der Waals surface area contributed by atoms with Crippen LogP contribution in [0.25, 0.3) is 11.0 Å². The normalized spacial score (nSPS) is 10.7. The van der Waals surface area contributed by atoms with Gasteiger partial charge in [-0.05, 0) is 24.3 Å². The first-order valence-electron chi connectivity index (χ1n) is 6.18. The zero-order chi connectivity index (χ0) is 13.9. The standard InChI is InChI=1S/C15H13ClN2O2/c1-19-12-5-2-4-10-8-11(20-15(10)12)9-17-14-7-3-6-13(16)18-14/h2-8H,9H2,1H3,(H,17,18). The van der Waals surface area contributed by atoms with E-state index in [2.05, 4.69) is 10.3 Å². The van der Waals surface area contributed by atoms with E-state index in [-0.39, 0.29) is 0 Å². The molecule has 0 aliphatic carbocycles. The third-order valence-corrected chi connectivity index (χ3v) is 3.15. The molecule has 3 rings (SSSR count). The number of ether oxygens (including phenoxy) is 1. The summed E-state index contributed by atoms with van der Waals surface area (Å²) in [6.45, 7) is 0.533. The summed E-state index contributed by atoms with van der Waals surface area (Å²) < 4.78 is 11.1. The molecule has 0 saturated heterocycles. The third-order valence-electron chi connectivity index (χ3n) is 2.94. The van der Waals surface area contributed by atoms with Gasteiger partial charge in [-0.25, -0.2) is 4.98 Å². The van der Waals surface area contributed by atoms with Crippen LogP contribution in [0.4, 0.5) is 5.82 Å². The predicted molar refractivity (Wildman–Crippen MR) is 79.3 cm³/mol. The maximum absolute atomic E-state index is 5.84. The van der Waals surface area contributed by atoms with Crippen LogP contribution in [0.1, 0.15) is 5.76 Å². The van der Waals surface area contributed by atoms with Crippen LogP contribution >= 0.6 is 11.6 Å². The lowest BCUT2D eigenvalue weighted by atomic mass is 10.2. The molecule has 5 heteroatoms. The zero-order valence-electron chi connectivity index (χ0n) is 10.9. The molecule has 102 valence electrons. The van der Waals surface area contributed by atoms with Crippen molar-refractivity contribution >= 4 is 28.4 Å². The number of hydrogen-bond acceptors (Lipinski definition) is 4. The highest BCUT2D eigenvalue weighted by molar-refractivity contribution is 6.29. The van der Waals surface area contributed by atoms with Crippen molar-refractivity contribution in [3.63, 3.8) is 0 Å². The van der Waals surface area contributed by atoms with E-state index in [9.17, 15) is 0 Å². The minimum absolute atomic E-state index is 0.460. The zero-order valence-corrected chi connectivity index (χ0v) is 11.6. The van der Waals surface area contributed by atoms with Crippen LogP contribution in [-0.4, -0.2) is 12.1 Å². The van der Waals surface area contributed by atoms with Gasteiger partial charge < -0.3 is 14.5 Å². The van der Waals surface area contributed by atoms with Gasteiger partial charge in [0.1, 0.15) is 16.7 Å². The van der Waals surface area contributed by atoms with E-state index in [0.29, 0.717) is 17.5 Å². The third kappa shape index (κ3) is 2.56. The Morgan fingerprint density at radius 2 is 2.10 bits per heavy atom. The van der Waals surface area contributed by atoms with Crippen molar-refractivity contribution in [3.8, 4) is 5.75 Å². The Balaban J connectivity index is 1.81. The molecule has 0 atom stereocenters. The molecule has 0 unspecified atom stereocenters. The molecule has 1 N–H and O–H groups in total. The number of nitrogens with one attached hydrogen (secondary N) is 1. The van der Waals surface area contributed by atoms with E-state index in [0.717, 1.165) is 22.5 Å². The van der Waals surface area contributed by atoms with E-state index in [4.69, 9.17) is 20.8 Å². The Morgan fingerprint density at radius 3 is 2.90 bits per heavy atom. The number of anilines is 1. The van der Waals surface area contributed by atoms with Gasteiger partial charge in [0.25, 0.3) is 0 Å². The lowest BCUT2D eigenvalue weighted by Crippen LogP contribution is -1.99. The van der Waals surface area contributed by atoms with Crippen molar-refractivity contribution in [2.45, 2.75) is 6.54 Å². The minimum atomic E-state index is 0.460. The highest BCUT2D eigenvalue weighted by Crippen LogP contribution is 2.28. The molecule has 0 aliphatic rings. The number of fused-ring (bicyclic) bond motifs is 1. The lowest BCUT2D eigenvalue weighted by molar-refractivity contribution is 0.408. The van der Waals surface area contributed by atoms with Gasteiger partial charge in [0.15, 0.2) is 11.3 Å². The second-order valence-electron chi connectivity index (χ2n) is 4.29. The molecule has 0 spiro atoms. The molecule has 4 nitrogen and oxygen atoms in total. The maximum Gasteiger partial charge on any atom is 0.176 e. The summed E-state index contributed by atoms with van der Waals surface area (Å²) in [5, 5.41) is 4.64. The summed E-state index contributed by atoms with van der Waals surface area (Å²) in [5.41, 5.74) is 0.755. The van der Waals surface area contributed by atoms with Crippen LogP contribution in [0, 0.1) is 0 Å². The van der Waals surface area contributed by atoms with Crippen molar-refractivity contribution in [2.24, 2.45) is 0 Å². The number of hydrogen-bond donors (Lipinski definition) is 1. The molecule has 1 aromatic carbocycles. The SMILES string of the molecule is COc1cccc2cc(CNc3cccc(Cl)n3)oc12. The number of methoxy groups -OCH3 is 1. The van der Waals surface area contributed by atoms with Crippen molar-refractivity contribution in [2.75, 3.05) is 12.4 Å². The van der Waals surface area contributed by atoms with Crippen molar-refractivity contribution in [3.05, 3.63) is 53.4 Å². The highest BCUT2D eigenvalue weighted by Gasteiger charge is 2.08. The van der Waals surface area contributed by atoms with Crippen molar-refractivity contribution < 1.29 is 9.15 Å². The van der Waals surface area contributed by atoms with Gasteiger partial charge in [-0.2, -0.15) is 0 Å². The number of rotatable bonds is 4. The molecule has 0 amide bonds. The molecule has 20 heavy (non-hydrogen) atoms. The molecule has 0 radical (unpaired) electrons. The van der Waals surface area contributed by atoms with Gasteiger partial charge in [-0.1, -0.05) is 29.8 Å². The van der Waals surface area contributed by atoms with Gasteiger partial charge in [-0.3, -0.25) is 0 Å². The molecule has 0 saturated carbocycles. The van der Waals surface area contributed by atoms with Gasteiger partial charge in [0.05, 0.1) is 13.7 Å². The number of furan rings is 1. The van der Waals surface area contributed by atoms with Gasteiger partial charge in [0, 0.05) is 5.39 Å². The van der Waals surface area contributed by atoms with Crippen LogP contribution < -0.4 is 10.1 Å². The number of halogens is 1. The number of benzene rings is 1. The number of para-hydroxylation sites is 1. The van der Waals surface area contributed by atoms with E-state index in [1.807, 2.05) is 36.4 Å². The lowest BCUT2D eigenvalue weighted by Gasteiger charge is -2.03. The Kier molecular flexibility index (Phi) is 3.48. The van der Waals surface area contributed by atoms with Crippen LogP contribution in [0.2, 0.25) is 5.15 Å². The summed E-state index contributed by atoms with van der Waals surface area (Å²) in [6, 6.07) is 13.2. The fourth-order valence-corrected chi connectivity index (χ4v) is 2.19. The van der Waals surface area contributed by atoms with Crippen LogP contribution in [0.15, 0.2) is 46.9 Å². The summed E-state index contributed by atoms with van der Waals surface area (Å²) in [6.07, 6.45) is 0. The molecule has 2 aromatic heterocycles. The summed E-state index contributed by atoms with van der Waals surface area (Å²) in [4.78, 5) is 4.16. The maximum atomic E-state index is 5.84. The predicted octanol–water partition coefficient (Wildman–Crippen LogP) is 4.10. The fraction of sp³-hybridized carbons (Fsp3) is 0.133. The smallest absolute Gasteiger partial charge is 0.176 e. The van der Waals surface area contributed by atoms with Crippen molar-refractivity contribution in [1.29, 1.82) is 0 Å². The number of aromatic nitrogens is 1. The first kappa shape index (κ1) is 12.8. The highest BCUT2D eigenvalue weighted by atomic mass is 35.5. The summed E-state index contributed by atoms with van der Waals surface area (Å²) >= 11 is 5.84. The monoisotopic (exact) mass is 288 g/mol. The Bertz CT molecular complexity index is 740.